The molecule has 0 heterocycles. The normalized spacial score (nSPS) is 14.7. The Morgan fingerprint density at radius 3 is 1.27 bits per heavy atom. The molecule has 0 radical (unpaired) electrons. The van der Waals surface area contributed by atoms with Gasteiger partial charge in [-0.05, 0) is 25.0 Å². The molecule has 0 aliphatic carbocycles. The molecule has 0 aromatic heterocycles. The van der Waals surface area contributed by atoms with E-state index in [2.05, 4.69) is 0 Å². The zero-order chi connectivity index (χ0) is 19.2. The average molecular weight is 399 g/mol. The number of rotatable bonds is 9. The lowest BCUT2D eigenvalue weighted by molar-refractivity contribution is 0.0867. The number of hydrogen-bond donors (Lipinski definition) is 0. The predicted octanol–water partition coefficient (Wildman–Crippen LogP) is 2.86. The van der Waals surface area contributed by atoms with Gasteiger partial charge in [0.05, 0.1) is 0 Å². The van der Waals surface area contributed by atoms with Crippen LogP contribution < -0.4 is 0 Å². The van der Waals surface area contributed by atoms with Crippen molar-refractivity contribution in [3.05, 3.63) is 71.8 Å². The lowest BCUT2D eigenvalue weighted by Gasteiger charge is -2.20. The van der Waals surface area contributed by atoms with Gasteiger partial charge >= 0.3 is 0 Å². The summed E-state index contributed by atoms with van der Waals surface area (Å²) in [7, 11) is -7.74. The van der Waals surface area contributed by atoms with E-state index in [9.17, 15) is 16.8 Å². The summed E-state index contributed by atoms with van der Waals surface area (Å²) in [6, 6.07) is 17.2. The third kappa shape index (κ3) is 6.87. The molecule has 0 saturated heterocycles. The lowest BCUT2D eigenvalue weighted by atomic mass is 10.2. The van der Waals surface area contributed by atoms with E-state index in [0.29, 0.717) is 11.1 Å². The van der Waals surface area contributed by atoms with Gasteiger partial charge in [0.2, 0.25) is 0 Å². The van der Waals surface area contributed by atoms with Gasteiger partial charge in [-0.15, -0.1) is 0 Å². The SMILES string of the molecule is CC(OS(=O)(=O)Cc1ccccc1)C(C)OS(=O)(=O)Cc1ccccc1. The van der Waals surface area contributed by atoms with Gasteiger partial charge < -0.3 is 0 Å². The molecule has 2 unspecified atom stereocenters. The van der Waals surface area contributed by atoms with E-state index in [-0.39, 0.29) is 11.5 Å². The van der Waals surface area contributed by atoms with Crippen molar-refractivity contribution in [2.24, 2.45) is 0 Å². The van der Waals surface area contributed by atoms with Gasteiger partial charge in [-0.1, -0.05) is 60.7 Å². The second-order valence-corrected chi connectivity index (χ2v) is 9.17. The Bertz CT molecular complexity index is 816. The van der Waals surface area contributed by atoms with Crippen LogP contribution in [0.2, 0.25) is 0 Å². The molecule has 26 heavy (non-hydrogen) atoms. The summed E-state index contributed by atoms with van der Waals surface area (Å²) >= 11 is 0. The van der Waals surface area contributed by atoms with E-state index in [1.807, 2.05) is 0 Å². The molecule has 0 aliphatic rings. The molecule has 0 spiro atoms. The fraction of sp³-hybridized carbons (Fsp3) is 0.333. The molecule has 6 nitrogen and oxygen atoms in total. The van der Waals surface area contributed by atoms with Gasteiger partial charge in [0.25, 0.3) is 20.2 Å². The van der Waals surface area contributed by atoms with Gasteiger partial charge in [0.15, 0.2) is 0 Å². The zero-order valence-electron chi connectivity index (χ0n) is 14.6. The van der Waals surface area contributed by atoms with Crippen LogP contribution in [0.15, 0.2) is 60.7 Å². The smallest absolute Gasteiger partial charge is 0.264 e. The van der Waals surface area contributed by atoms with Crippen molar-refractivity contribution in [1.82, 2.24) is 0 Å². The van der Waals surface area contributed by atoms with Crippen molar-refractivity contribution >= 4 is 20.2 Å². The van der Waals surface area contributed by atoms with Gasteiger partial charge in [0.1, 0.15) is 23.7 Å². The monoisotopic (exact) mass is 398 g/mol. The molecule has 0 bridgehead atoms. The van der Waals surface area contributed by atoms with Crippen molar-refractivity contribution in [2.75, 3.05) is 0 Å². The van der Waals surface area contributed by atoms with Crippen molar-refractivity contribution in [3.8, 4) is 0 Å². The predicted molar refractivity (Wildman–Crippen MR) is 99.2 cm³/mol. The summed E-state index contributed by atoms with van der Waals surface area (Å²) in [6.07, 6.45) is -1.90. The molecule has 0 fully saturated rings. The Balaban J connectivity index is 1.95. The highest BCUT2D eigenvalue weighted by molar-refractivity contribution is 7.86. The summed E-state index contributed by atoms with van der Waals surface area (Å²) in [5, 5.41) is 0. The van der Waals surface area contributed by atoms with E-state index in [4.69, 9.17) is 8.37 Å². The van der Waals surface area contributed by atoms with Crippen molar-refractivity contribution in [3.63, 3.8) is 0 Å². The van der Waals surface area contributed by atoms with Gasteiger partial charge in [0, 0.05) is 0 Å². The van der Waals surface area contributed by atoms with E-state index >= 15 is 0 Å². The second kappa shape index (κ2) is 8.77. The zero-order valence-corrected chi connectivity index (χ0v) is 16.2. The molecule has 2 aromatic carbocycles. The fourth-order valence-corrected chi connectivity index (χ4v) is 4.82. The first-order valence-electron chi connectivity index (χ1n) is 8.07. The number of benzene rings is 2. The summed E-state index contributed by atoms with van der Waals surface area (Å²) in [4.78, 5) is 0. The maximum atomic E-state index is 12.1. The van der Waals surface area contributed by atoms with Crippen LogP contribution in [0.1, 0.15) is 25.0 Å². The minimum atomic E-state index is -3.87. The summed E-state index contributed by atoms with van der Waals surface area (Å²) in [5.74, 6) is -0.580. The summed E-state index contributed by atoms with van der Waals surface area (Å²) in [5.41, 5.74) is 1.18. The van der Waals surface area contributed by atoms with Crippen LogP contribution in [0.5, 0.6) is 0 Å². The first-order chi connectivity index (χ1) is 12.2. The molecular formula is C18H22O6S2. The molecule has 2 rings (SSSR count). The van der Waals surface area contributed by atoms with E-state index in [0.717, 1.165) is 0 Å². The van der Waals surface area contributed by atoms with Crippen LogP contribution in [0.25, 0.3) is 0 Å². The minimum absolute atomic E-state index is 0.290. The van der Waals surface area contributed by atoms with Crippen LogP contribution in [0, 0.1) is 0 Å². The fourth-order valence-electron chi connectivity index (χ4n) is 2.24. The lowest BCUT2D eigenvalue weighted by Crippen LogP contribution is -2.31. The first-order valence-corrected chi connectivity index (χ1v) is 11.2. The topological polar surface area (TPSA) is 86.7 Å². The van der Waals surface area contributed by atoms with E-state index in [1.165, 1.54) is 13.8 Å². The van der Waals surface area contributed by atoms with Crippen LogP contribution in [0.3, 0.4) is 0 Å². The molecule has 0 amide bonds. The summed E-state index contributed by atoms with van der Waals surface area (Å²) in [6.45, 7) is 2.93. The Hall–Kier alpha value is -1.74. The van der Waals surface area contributed by atoms with E-state index < -0.39 is 32.4 Å². The van der Waals surface area contributed by atoms with Crippen LogP contribution in [-0.2, 0) is 40.1 Å². The quantitative estimate of drug-likeness (QED) is 0.604. The maximum absolute atomic E-state index is 12.1. The molecule has 0 N–H and O–H groups in total. The Labute approximate surface area is 155 Å². The molecule has 2 atom stereocenters. The van der Waals surface area contributed by atoms with Crippen LogP contribution >= 0.6 is 0 Å². The average Bonchev–Trinajstić information content (AvgIpc) is 2.54. The molecule has 8 heteroatoms. The van der Waals surface area contributed by atoms with Gasteiger partial charge in [-0.3, -0.25) is 8.37 Å². The Kier molecular flexibility index (Phi) is 6.94. The summed E-state index contributed by atoms with van der Waals surface area (Å²) < 4.78 is 58.7. The van der Waals surface area contributed by atoms with Crippen LogP contribution in [-0.4, -0.2) is 29.0 Å². The number of hydrogen-bond acceptors (Lipinski definition) is 6. The molecule has 0 aliphatic heterocycles. The third-order valence-corrected chi connectivity index (χ3v) is 6.20. The highest BCUT2D eigenvalue weighted by Crippen LogP contribution is 2.16. The Morgan fingerprint density at radius 2 is 0.962 bits per heavy atom. The minimum Gasteiger partial charge on any atom is -0.264 e. The van der Waals surface area contributed by atoms with Crippen LogP contribution in [0.4, 0.5) is 0 Å². The van der Waals surface area contributed by atoms with Gasteiger partial charge in [-0.25, -0.2) is 0 Å². The van der Waals surface area contributed by atoms with Crippen molar-refractivity contribution < 1.29 is 25.2 Å². The van der Waals surface area contributed by atoms with Gasteiger partial charge in [-0.2, -0.15) is 16.8 Å². The second-order valence-electron chi connectivity index (χ2n) is 5.98. The highest BCUT2D eigenvalue weighted by atomic mass is 32.2. The first kappa shape index (κ1) is 20.6. The highest BCUT2D eigenvalue weighted by Gasteiger charge is 2.26. The molecular weight excluding hydrogens is 376 g/mol. The molecule has 142 valence electrons. The maximum Gasteiger partial charge on any atom is 0.271 e. The largest absolute Gasteiger partial charge is 0.271 e. The van der Waals surface area contributed by atoms with Crippen molar-refractivity contribution in [2.45, 2.75) is 37.6 Å². The molecule has 2 aromatic rings. The molecule has 0 saturated carbocycles. The third-order valence-electron chi connectivity index (χ3n) is 3.63. The standard InChI is InChI=1S/C18H22O6S2/c1-15(23-25(19,20)13-17-9-5-3-6-10-17)16(2)24-26(21,22)14-18-11-7-4-8-12-18/h3-12,15-16H,13-14H2,1-2H3. The van der Waals surface area contributed by atoms with Crippen molar-refractivity contribution in [1.29, 1.82) is 0 Å². The van der Waals surface area contributed by atoms with E-state index in [1.54, 1.807) is 60.7 Å². The Morgan fingerprint density at radius 1 is 0.654 bits per heavy atom.